The Morgan fingerprint density at radius 3 is 2.48 bits per heavy atom. The zero-order chi connectivity index (χ0) is 15.2. The van der Waals surface area contributed by atoms with Crippen molar-refractivity contribution in [2.45, 2.75) is 5.72 Å². The van der Waals surface area contributed by atoms with E-state index in [1.807, 2.05) is 42.5 Å². The van der Waals surface area contributed by atoms with Gasteiger partial charge in [0.15, 0.2) is 6.54 Å². The van der Waals surface area contributed by atoms with Gasteiger partial charge < -0.3 is 22.1 Å². The van der Waals surface area contributed by atoms with Crippen LogP contribution in [0.3, 0.4) is 0 Å². The van der Waals surface area contributed by atoms with Crippen LogP contribution in [0.15, 0.2) is 54.6 Å². The number of aliphatic hydroxyl groups is 1. The standard InChI is InChI=1S/C17H16ClN2OS.BrH/c18-14-8-6-13(7-9-14)17(21)12-19(15-4-2-1-3-5-15)16-20(17)10-11-22-16;/h1-9,21H,10-12H2;1H/q+1;/p-1. The minimum Gasteiger partial charge on any atom is -1.00 e. The fourth-order valence-electron chi connectivity index (χ4n) is 3.12. The first-order valence-corrected chi connectivity index (χ1v) is 8.63. The highest BCUT2D eigenvalue weighted by atomic mass is 79.9. The molecule has 23 heavy (non-hydrogen) atoms. The number of thioether (sulfide) groups is 1. The smallest absolute Gasteiger partial charge is 0.316 e. The minimum absolute atomic E-state index is 0. The molecule has 0 saturated heterocycles. The Morgan fingerprint density at radius 2 is 1.78 bits per heavy atom. The molecule has 4 rings (SSSR count). The molecule has 1 unspecified atom stereocenters. The average Bonchev–Trinajstić information content (AvgIpc) is 3.13. The minimum atomic E-state index is -1.00. The predicted molar refractivity (Wildman–Crippen MR) is 91.7 cm³/mol. The number of hydrogen-bond donors (Lipinski definition) is 1. The van der Waals surface area contributed by atoms with E-state index in [9.17, 15) is 5.11 Å². The van der Waals surface area contributed by atoms with Crippen LogP contribution >= 0.6 is 23.4 Å². The van der Waals surface area contributed by atoms with Crippen LogP contribution in [0.2, 0.25) is 5.02 Å². The summed E-state index contributed by atoms with van der Waals surface area (Å²) in [6.07, 6.45) is 0. The average molecular weight is 412 g/mol. The molecule has 1 N–H and O–H groups in total. The molecule has 1 atom stereocenters. The van der Waals surface area contributed by atoms with Crippen LogP contribution in [-0.4, -0.2) is 33.7 Å². The van der Waals surface area contributed by atoms with Gasteiger partial charge in [0.05, 0.1) is 6.54 Å². The Kier molecular flexibility index (Phi) is 4.74. The number of para-hydroxylation sites is 1. The van der Waals surface area contributed by atoms with E-state index >= 15 is 0 Å². The predicted octanol–water partition coefficient (Wildman–Crippen LogP) is 0.125. The van der Waals surface area contributed by atoms with E-state index in [4.69, 9.17) is 11.6 Å². The van der Waals surface area contributed by atoms with Crippen molar-refractivity contribution < 1.29 is 26.7 Å². The quantitative estimate of drug-likeness (QED) is 0.712. The Labute approximate surface area is 155 Å². The number of rotatable bonds is 2. The molecule has 0 aliphatic carbocycles. The second kappa shape index (κ2) is 6.48. The molecule has 2 heterocycles. The van der Waals surface area contributed by atoms with Gasteiger partial charge in [0, 0.05) is 16.3 Å². The molecular weight excluding hydrogens is 396 g/mol. The summed E-state index contributed by atoms with van der Waals surface area (Å²) in [4.78, 5) is 2.20. The third kappa shape index (κ3) is 2.80. The lowest BCUT2D eigenvalue weighted by molar-refractivity contribution is -0.650. The van der Waals surface area contributed by atoms with Gasteiger partial charge in [-0.05, 0) is 36.0 Å². The highest BCUT2D eigenvalue weighted by molar-refractivity contribution is 8.14. The molecular formula is C17H16BrClN2OS. The second-order valence-electron chi connectivity index (χ2n) is 5.53. The van der Waals surface area contributed by atoms with E-state index in [1.165, 1.54) is 0 Å². The number of hydrogen-bond acceptors (Lipinski definition) is 3. The summed E-state index contributed by atoms with van der Waals surface area (Å²) in [5, 5.41) is 13.2. The summed E-state index contributed by atoms with van der Waals surface area (Å²) in [6, 6.07) is 17.7. The van der Waals surface area contributed by atoms with E-state index in [0.29, 0.717) is 11.6 Å². The van der Waals surface area contributed by atoms with Crippen molar-refractivity contribution in [2.24, 2.45) is 0 Å². The molecule has 2 aliphatic heterocycles. The lowest BCUT2D eigenvalue weighted by atomic mass is 10.0. The van der Waals surface area contributed by atoms with Gasteiger partial charge in [-0.1, -0.05) is 41.9 Å². The van der Waals surface area contributed by atoms with Crippen molar-refractivity contribution in [3.8, 4) is 0 Å². The molecule has 0 aromatic heterocycles. The van der Waals surface area contributed by atoms with Crippen molar-refractivity contribution in [3.05, 3.63) is 65.2 Å². The third-order valence-electron chi connectivity index (χ3n) is 4.21. The van der Waals surface area contributed by atoms with Crippen LogP contribution in [-0.2, 0) is 5.72 Å². The summed E-state index contributed by atoms with van der Waals surface area (Å²) in [5.74, 6) is 0.995. The first kappa shape index (κ1) is 16.8. The highest BCUT2D eigenvalue weighted by Gasteiger charge is 2.54. The van der Waals surface area contributed by atoms with Gasteiger partial charge in [-0.15, -0.1) is 0 Å². The number of β-amino-alcohol motifs (C(OH)–C–C–N with tert-alkyl or cyclic N) is 1. The summed E-state index contributed by atoms with van der Waals surface area (Å²) >= 11 is 7.78. The molecule has 3 nitrogen and oxygen atoms in total. The fraction of sp³-hybridized carbons (Fsp3) is 0.235. The van der Waals surface area contributed by atoms with Gasteiger partial charge >= 0.3 is 5.17 Å². The summed E-state index contributed by atoms with van der Waals surface area (Å²) in [6.45, 7) is 1.38. The maximum absolute atomic E-state index is 11.4. The Hall–Kier alpha value is -1.01. The molecule has 6 heteroatoms. The van der Waals surface area contributed by atoms with Crippen molar-refractivity contribution >= 4 is 34.2 Å². The lowest BCUT2D eigenvalue weighted by Gasteiger charge is -2.23. The molecule has 0 spiro atoms. The van der Waals surface area contributed by atoms with Gasteiger partial charge in [0.25, 0.3) is 5.72 Å². The normalized spacial score (nSPS) is 23.0. The summed E-state index contributed by atoms with van der Waals surface area (Å²) in [7, 11) is 0. The fourth-order valence-corrected chi connectivity index (χ4v) is 4.42. The Balaban J connectivity index is 0.00000156. The lowest BCUT2D eigenvalue weighted by Crippen LogP contribution is -3.00. The van der Waals surface area contributed by atoms with E-state index in [-0.39, 0.29) is 17.0 Å². The molecule has 2 aromatic rings. The zero-order valence-electron chi connectivity index (χ0n) is 12.3. The van der Waals surface area contributed by atoms with Crippen LogP contribution in [0.4, 0.5) is 5.69 Å². The monoisotopic (exact) mass is 410 g/mol. The maximum Gasteiger partial charge on any atom is 0.316 e. The highest BCUT2D eigenvalue weighted by Crippen LogP contribution is 2.38. The summed E-state index contributed by atoms with van der Waals surface area (Å²) < 4.78 is 2.11. The first-order chi connectivity index (χ1) is 10.7. The molecule has 0 saturated carbocycles. The van der Waals surface area contributed by atoms with Gasteiger partial charge in [-0.25, -0.2) is 9.48 Å². The first-order valence-electron chi connectivity index (χ1n) is 7.27. The Bertz CT molecular complexity index is 738. The number of amidine groups is 1. The van der Waals surface area contributed by atoms with Crippen molar-refractivity contribution in [1.82, 2.24) is 0 Å². The van der Waals surface area contributed by atoms with Gasteiger partial charge in [0.2, 0.25) is 0 Å². The molecule has 2 aliphatic rings. The van der Waals surface area contributed by atoms with Crippen LogP contribution < -0.4 is 21.9 Å². The van der Waals surface area contributed by atoms with Crippen LogP contribution in [0.25, 0.3) is 0 Å². The van der Waals surface area contributed by atoms with E-state index < -0.39 is 5.72 Å². The van der Waals surface area contributed by atoms with Crippen LogP contribution in [0, 0.1) is 0 Å². The van der Waals surface area contributed by atoms with Crippen molar-refractivity contribution in [1.29, 1.82) is 0 Å². The van der Waals surface area contributed by atoms with Crippen molar-refractivity contribution in [2.75, 3.05) is 23.7 Å². The van der Waals surface area contributed by atoms with Gasteiger partial charge in [-0.2, -0.15) is 0 Å². The van der Waals surface area contributed by atoms with Gasteiger partial charge in [-0.3, -0.25) is 0 Å². The van der Waals surface area contributed by atoms with Crippen LogP contribution in [0.5, 0.6) is 0 Å². The third-order valence-corrected chi connectivity index (χ3v) is 5.55. The molecule has 120 valence electrons. The van der Waals surface area contributed by atoms with E-state index in [2.05, 4.69) is 21.6 Å². The van der Waals surface area contributed by atoms with Crippen LogP contribution in [0.1, 0.15) is 5.56 Å². The van der Waals surface area contributed by atoms with E-state index in [0.717, 1.165) is 28.7 Å². The molecule has 0 fully saturated rings. The second-order valence-corrected chi connectivity index (χ2v) is 7.03. The number of nitrogens with zero attached hydrogens (tertiary/aromatic N) is 2. The molecule has 0 bridgehead atoms. The number of halogens is 2. The van der Waals surface area contributed by atoms with E-state index in [1.54, 1.807) is 11.8 Å². The number of benzene rings is 2. The zero-order valence-corrected chi connectivity index (χ0v) is 15.5. The SMILES string of the molecule is OC1(c2ccc(Cl)cc2)CN(c2ccccc2)C2=[N+]1CCS2.[Br-]. The maximum atomic E-state index is 11.4. The molecule has 0 radical (unpaired) electrons. The Morgan fingerprint density at radius 1 is 1.09 bits per heavy atom. The number of anilines is 1. The molecule has 0 amide bonds. The largest absolute Gasteiger partial charge is 1.00 e. The van der Waals surface area contributed by atoms with Gasteiger partial charge in [0.1, 0.15) is 5.69 Å². The molecule has 2 aromatic carbocycles. The topological polar surface area (TPSA) is 26.5 Å². The van der Waals surface area contributed by atoms with Crippen molar-refractivity contribution in [3.63, 3.8) is 0 Å². The summed E-state index contributed by atoms with van der Waals surface area (Å²) in [5.41, 5.74) is 0.997.